The van der Waals surface area contributed by atoms with Crippen molar-refractivity contribution < 1.29 is 31.4 Å². The number of halogens is 3. The summed E-state index contributed by atoms with van der Waals surface area (Å²) in [4.78, 5) is -1.30. The van der Waals surface area contributed by atoms with Crippen molar-refractivity contribution in [1.82, 2.24) is 4.72 Å². The second-order valence-corrected chi connectivity index (χ2v) is 5.31. The van der Waals surface area contributed by atoms with E-state index in [1.807, 2.05) is 4.72 Å². The van der Waals surface area contributed by atoms with Crippen LogP contribution in [0.5, 0.6) is 0 Å². The van der Waals surface area contributed by atoms with Gasteiger partial charge in [0.2, 0.25) is 10.0 Å². The maximum absolute atomic E-state index is 13.4. The monoisotopic (exact) mass is 299 g/mol. The molecular formula is C10H12F3NO4S. The Bertz CT molecular complexity index is 527. The maximum atomic E-state index is 13.4. The van der Waals surface area contributed by atoms with Gasteiger partial charge in [-0.1, -0.05) is 0 Å². The Balaban J connectivity index is 3.14. The first-order chi connectivity index (χ1) is 8.81. The molecule has 0 amide bonds. The molecule has 0 radical (unpaired) electrons. The second-order valence-electron chi connectivity index (χ2n) is 3.65. The van der Waals surface area contributed by atoms with Crippen LogP contribution in [0.15, 0.2) is 17.0 Å². The summed E-state index contributed by atoms with van der Waals surface area (Å²) in [7, 11) is -3.32. The first kappa shape index (κ1) is 15.9. The van der Waals surface area contributed by atoms with Crippen molar-refractivity contribution in [3.63, 3.8) is 0 Å². The number of nitrogens with one attached hydrogen (secondary N) is 1. The molecular weight excluding hydrogens is 287 g/mol. The fourth-order valence-electron chi connectivity index (χ4n) is 1.39. The number of hydrogen-bond acceptors (Lipinski definition) is 4. The van der Waals surface area contributed by atoms with Crippen molar-refractivity contribution >= 4 is 10.0 Å². The average molecular weight is 299 g/mol. The van der Waals surface area contributed by atoms with Crippen molar-refractivity contribution in [1.29, 1.82) is 0 Å². The molecule has 108 valence electrons. The third-order valence-corrected chi connectivity index (χ3v) is 3.71. The Morgan fingerprint density at radius 1 is 1.32 bits per heavy atom. The maximum Gasteiger partial charge on any atom is 0.246 e. The van der Waals surface area contributed by atoms with Gasteiger partial charge in [0.15, 0.2) is 4.90 Å². The fraction of sp³-hybridized carbons (Fsp3) is 0.400. The summed E-state index contributed by atoms with van der Waals surface area (Å²) >= 11 is 0. The Kier molecular flexibility index (Phi) is 5.29. The minimum atomic E-state index is -4.58. The van der Waals surface area contributed by atoms with Gasteiger partial charge in [0.1, 0.15) is 17.5 Å². The van der Waals surface area contributed by atoms with Crippen LogP contribution < -0.4 is 4.72 Å². The third-order valence-electron chi connectivity index (χ3n) is 2.14. The topological polar surface area (TPSA) is 75.6 Å². The van der Waals surface area contributed by atoms with Crippen molar-refractivity contribution in [3.8, 4) is 0 Å². The summed E-state index contributed by atoms with van der Waals surface area (Å²) < 4.78 is 69.4. The van der Waals surface area contributed by atoms with Crippen molar-refractivity contribution in [2.24, 2.45) is 0 Å². The molecule has 0 spiro atoms. The van der Waals surface area contributed by atoms with Crippen molar-refractivity contribution in [3.05, 3.63) is 29.6 Å². The molecule has 0 aliphatic rings. The van der Waals surface area contributed by atoms with E-state index in [4.69, 9.17) is 5.11 Å². The molecule has 0 aliphatic heterocycles. The molecule has 0 aliphatic carbocycles. The van der Waals surface area contributed by atoms with Crippen LogP contribution in [-0.2, 0) is 14.8 Å². The fourth-order valence-corrected chi connectivity index (χ4v) is 2.72. The van der Waals surface area contributed by atoms with E-state index in [1.165, 1.54) is 7.11 Å². The van der Waals surface area contributed by atoms with Crippen LogP contribution in [0.25, 0.3) is 0 Å². The smallest absolute Gasteiger partial charge is 0.246 e. The second kappa shape index (κ2) is 6.33. The van der Waals surface area contributed by atoms with Gasteiger partial charge in [-0.15, -0.1) is 0 Å². The van der Waals surface area contributed by atoms with E-state index in [2.05, 4.69) is 4.74 Å². The molecule has 1 rings (SSSR count). The van der Waals surface area contributed by atoms with E-state index < -0.39 is 45.0 Å². The van der Waals surface area contributed by atoms with Gasteiger partial charge in [-0.2, -0.15) is 0 Å². The predicted octanol–water partition coefficient (Wildman–Crippen LogP) is 0.389. The first-order valence-corrected chi connectivity index (χ1v) is 6.56. The van der Waals surface area contributed by atoms with Gasteiger partial charge in [0.05, 0.1) is 19.3 Å². The average Bonchev–Trinajstić information content (AvgIpc) is 2.25. The van der Waals surface area contributed by atoms with Crippen LogP contribution in [0.2, 0.25) is 0 Å². The summed E-state index contributed by atoms with van der Waals surface area (Å²) in [6.07, 6.45) is 0. The van der Waals surface area contributed by atoms with E-state index in [0.29, 0.717) is 0 Å². The van der Waals surface area contributed by atoms with Crippen LogP contribution in [0.1, 0.15) is 0 Å². The Morgan fingerprint density at radius 3 is 2.26 bits per heavy atom. The molecule has 0 fully saturated rings. The largest absolute Gasteiger partial charge is 0.395 e. The molecule has 0 bridgehead atoms. The van der Waals surface area contributed by atoms with Gasteiger partial charge in [-0.05, 0) is 0 Å². The van der Waals surface area contributed by atoms with E-state index >= 15 is 0 Å². The number of benzene rings is 1. The third kappa shape index (κ3) is 3.90. The van der Waals surface area contributed by atoms with Gasteiger partial charge in [-0.25, -0.2) is 26.3 Å². The first-order valence-electron chi connectivity index (χ1n) is 5.08. The lowest BCUT2D eigenvalue weighted by molar-refractivity contribution is 0.139. The Hall–Kier alpha value is -1.16. The molecule has 2 N–H and O–H groups in total. The molecule has 0 heterocycles. The zero-order valence-electron chi connectivity index (χ0n) is 9.86. The zero-order chi connectivity index (χ0) is 14.6. The molecule has 5 nitrogen and oxygen atoms in total. The van der Waals surface area contributed by atoms with E-state index in [9.17, 15) is 21.6 Å². The van der Waals surface area contributed by atoms with Crippen LogP contribution in [-0.4, -0.2) is 39.9 Å². The highest BCUT2D eigenvalue weighted by Crippen LogP contribution is 2.20. The predicted molar refractivity (Wildman–Crippen MR) is 59.4 cm³/mol. The lowest BCUT2D eigenvalue weighted by Gasteiger charge is -2.16. The number of aliphatic hydroxyl groups is 1. The van der Waals surface area contributed by atoms with Crippen molar-refractivity contribution in [2.75, 3.05) is 20.3 Å². The molecule has 19 heavy (non-hydrogen) atoms. The van der Waals surface area contributed by atoms with Crippen LogP contribution >= 0.6 is 0 Å². The van der Waals surface area contributed by atoms with Gasteiger partial charge in [-0.3, -0.25) is 0 Å². The van der Waals surface area contributed by atoms with E-state index in [1.54, 1.807) is 0 Å². The lowest BCUT2D eigenvalue weighted by Crippen LogP contribution is -2.41. The molecule has 9 heteroatoms. The number of aliphatic hydroxyl groups excluding tert-OH is 1. The molecule has 1 aromatic carbocycles. The van der Waals surface area contributed by atoms with Crippen LogP contribution in [0.4, 0.5) is 13.2 Å². The summed E-state index contributed by atoms with van der Waals surface area (Å²) in [6, 6.07) is -0.567. The van der Waals surface area contributed by atoms with E-state index in [-0.39, 0.29) is 18.7 Å². The zero-order valence-corrected chi connectivity index (χ0v) is 10.7. The standard InChI is InChI=1S/C10H12F3NO4S/c1-18-5-7(4-15)14-19(16,17)10-8(12)2-6(11)3-9(10)13/h2-3,7,14-15H,4-5H2,1H3. The minimum Gasteiger partial charge on any atom is -0.395 e. The van der Waals surface area contributed by atoms with Crippen molar-refractivity contribution in [2.45, 2.75) is 10.9 Å². The molecule has 0 saturated heterocycles. The number of ether oxygens (including phenoxy) is 1. The molecule has 1 atom stereocenters. The summed E-state index contributed by atoms with van der Waals surface area (Å²) in [6.45, 7) is -0.822. The summed E-state index contributed by atoms with van der Waals surface area (Å²) in [5.41, 5.74) is 0. The summed E-state index contributed by atoms with van der Waals surface area (Å²) in [5, 5.41) is 8.90. The lowest BCUT2D eigenvalue weighted by atomic mass is 10.3. The van der Waals surface area contributed by atoms with Gasteiger partial charge < -0.3 is 9.84 Å². The van der Waals surface area contributed by atoms with E-state index in [0.717, 1.165) is 0 Å². The SMILES string of the molecule is COCC(CO)NS(=O)(=O)c1c(F)cc(F)cc1F. The number of sulfonamides is 1. The Morgan fingerprint density at radius 2 is 1.84 bits per heavy atom. The minimum absolute atomic E-state index is 0.194. The Labute approximate surface area is 108 Å². The number of hydrogen-bond donors (Lipinski definition) is 2. The van der Waals surface area contributed by atoms with Gasteiger partial charge in [0, 0.05) is 19.2 Å². The highest BCUT2D eigenvalue weighted by molar-refractivity contribution is 7.89. The van der Waals surface area contributed by atoms with Crippen LogP contribution in [0.3, 0.4) is 0 Å². The number of methoxy groups -OCH3 is 1. The highest BCUT2D eigenvalue weighted by atomic mass is 32.2. The quantitative estimate of drug-likeness (QED) is 0.797. The number of rotatable bonds is 6. The summed E-state index contributed by atoms with van der Waals surface area (Å²) in [5.74, 6) is -4.34. The van der Waals surface area contributed by atoms with Gasteiger partial charge >= 0.3 is 0 Å². The molecule has 1 unspecified atom stereocenters. The molecule has 1 aromatic rings. The van der Waals surface area contributed by atoms with Gasteiger partial charge in [0.25, 0.3) is 0 Å². The molecule has 0 aromatic heterocycles. The normalized spacial score (nSPS) is 13.5. The molecule has 0 saturated carbocycles. The van der Waals surface area contributed by atoms with Crippen LogP contribution in [0, 0.1) is 17.5 Å². The highest BCUT2D eigenvalue weighted by Gasteiger charge is 2.27.